The third kappa shape index (κ3) is 12.2. The van der Waals surface area contributed by atoms with Crippen LogP contribution in [0.2, 0.25) is 0 Å². The number of aryl methyl sites for hydroxylation is 2. The number of aromatic nitrogens is 1. The molecule has 14 nitrogen and oxygen atoms in total. The smallest absolute Gasteiger partial charge is 0.261 e. The third-order valence-corrected chi connectivity index (χ3v) is 14.9. The first-order chi connectivity index (χ1) is 28.8. The normalized spacial score (nSPS) is 12.9. The lowest BCUT2D eigenvalue weighted by Gasteiger charge is -2.23. The number of rotatable bonds is 12. The second-order valence-corrected chi connectivity index (χ2v) is 21.9. The van der Waals surface area contributed by atoms with Gasteiger partial charge < -0.3 is 4.90 Å². The molecule has 0 saturated heterocycles. The van der Waals surface area contributed by atoms with Gasteiger partial charge in [0.2, 0.25) is 20.0 Å². The van der Waals surface area contributed by atoms with Crippen molar-refractivity contribution in [1.82, 2.24) is 19.3 Å². The number of sulfonamides is 2. The Bertz CT molecular complexity index is 2820. The van der Waals surface area contributed by atoms with Crippen molar-refractivity contribution in [3.05, 3.63) is 124 Å². The Kier molecular flexibility index (Phi) is 17.0. The number of carbonyl (C=O) groups excluding carboxylic acids is 1. The van der Waals surface area contributed by atoms with E-state index in [-0.39, 0.29) is 28.8 Å². The van der Waals surface area contributed by atoms with Gasteiger partial charge in [-0.3, -0.25) is 14.1 Å². The molecule has 5 aromatic rings. The zero-order valence-corrected chi connectivity index (χ0v) is 40.1. The fourth-order valence-electron chi connectivity index (χ4n) is 6.01. The number of fused-ring (bicyclic) bond motifs is 2. The lowest BCUT2D eigenvalue weighted by molar-refractivity contribution is -0.340. The van der Waals surface area contributed by atoms with E-state index in [4.69, 9.17) is 20.0 Å². The maximum absolute atomic E-state index is 13.9. The fourth-order valence-corrected chi connectivity index (χ4v) is 10.2. The van der Waals surface area contributed by atoms with Crippen LogP contribution < -0.4 is 4.31 Å². The summed E-state index contributed by atoms with van der Waals surface area (Å²) in [5.74, 6) is -1.87. The number of alkyl halides is 1. The van der Waals surface area contributed by atoms with E-state index in [1.807, 2.05) is 6.92 Å². The van der Waals surface area contributed by atoms with Crippen LogP contribution in [-0.4, -0.2) is 91.9 Å². The van der Waals surface area contributed by atoms with E-state index in [0.717, 1.165) is 34.7 Å². The van der Waals surface area contributed by atoms with Gasteiger partial charge in [-0.1, -0.05) is 34.1 Å². The third-order valence-electron chi connectivity index (χ3n) is 9.08. The summed E-state index contributed by atoms with van der Waals surface area (Å²) in [7, 11) is 1.61. The average molecular weight is 1030 g/mol. The predicted molar refractivity (Wildman–Crippen MR) is 235 cm³/mol. The quantitative estimate of drug-likeness (QED) is 0.0394. The minimum Gasteiger partial charge on any atom is -0.330 e. The summed E-state index contributed by atoms with van der Waals surface area (Å²) in [6.07, 6.45) is 2.73. The van der Waals surface area contributed by atoms with E-state index in [2.05, 4.69) is 20.9 Å². The molecule has 23 heteroatoms. The van der Waals surface area contributed by atoms with Crippen molar-refractivity contribution in [2.24, 2.45) is 0 Å². The highest BCUT2D eigenvalue weighted by Gasteiger charge is 2.36. The van der Waals surface area contributed by atoms with Gasteiger partial charge in [-0.25, -0.2) is 42.7 Å². The maximum Gasteiger partial charge on any atom is 0.261 e. The van der Waals surface area contributed by atoms with Gasteiger partial charge in [0.25, 0.3) is 15.0 Å². The van der Waals surface area contributed by atoms with Crippen molar-refractivity contribution in [2.75, 3.05) is 45.8 Å². The summed E-state index contributed by atoms with van der Waals surface area (Å²) in [4.78, 5) is 24.8. The summed E-state index contributed by atoms with van der Waals surface area (Å²) in [5, 5.41) is 2.36. The van der Waals surface area contributed by atoms with E-state index in [0.29, 0.717) is 60.2 Å². The largest absolute Gasteiger partial charge is 0.330 e. The lowest BCUT2D eigenvalue weighted by Crippen LogP contribution is -2.26. The highest BCUT2D eigenvalue weighted by molar-refractivity contribution is 9.08. The topological polar surface area (TPSA) is 164 Å². The first-order valence-corrected chi connectivity index (χ1v) is 25.3. The molecule has 6 rings (SSSR count). The summed E-state index contributed by atoms with van der Waals surface area (Å²) < 4.78 is 117. The van der Waals surface area contributed by atoms with Crippen LogP contribution in [0.5, 0.6) is 0 Å². The van der Waals surface area contributed by atoms with Crippen molar-refractivity contribution in [3.8, 4) is 0 Å². The van der Waals surface area contributed by atoms with Crippen LogP contribution >= 0.6 is 38.7 Å². The first-order valence-electron chi connectivity index (χ1n) is 17.9. The molecule has 4 aromatic carbocycles. The number of benzene rings is 4. The zero-order chi connectivity index (χ0) is 46.5. The van der Waals surface area contributed by atoms with Crippen molar-refractivity contribution in [1.29, 1.82) is 0 Å². The molecule has 1 aromatic heterocycles. The standard InChI is InChI=1S/C23H25FN4O5S2.C9H11BrFNO2S.C7H6ClFO2S/c1-14-20-18(22(27(4)35(5,30)31)17-7-6-10-25-21(14)17)13-28(23(20)29)12-15-8-9-16(24)11-19(15)34-33-32-26(2)3;1-12(2)15(13,14)9-5-8(11)4-3-7(9)6-10;1-5-2-3-6(9)4-7(5)12(8,10)11/h6-11H,12-13H2,1-5H3;3-5H,6H2,1-2H3;2-4H,1H3. The molecule has 0 unspecified atom stereocenters. The molecule has 0 atom stereocenters. The number of hydrogen-bond donors (Lipinski definition) is 0. The number of carbonyl (C=O) groups is 1. The van der Waals surface area contributed by atoms with Gasteiger partial charge in [0.05, 0.1) is 44.9 Å². The number of hydroxylamine groups is 2. The number of pyridine rings is 1. The van der Waals surface area contributed by atoms with Gasteiger partial charge in [0.15, 0.2) is 0 Å². The van der Waals surface area contributed by atoms with Crippen LogP contribution in [0.25, 0.3) is 10.9 Å². The lowest BCUT2D eigenvalue weighted by atomic mass is 9.97. The molecular weight excluding hydrogens is 983 g/mol. The van der Waals surface area contributed by atoms with E-state index < -0.39 is 46.5 Å². The Balaban J connectivity index is 0.000000256. The maximum atomic E-state index is 13.9. The molecular formula is C39H42BrClF3N5O9S4. The Morgan fingerprint density at radius 2 is 1.44 bits per heavy atom. The van der Waals surface area contributed by atoms with Crippen LogP contribution in [0.4, 0.5) is 18.9 Å². The molecule has 0 aliphatic carbocycles. The molecule has 0 spiro atoms. The average Bonchev–Trinajstić information content (AvgIpc) is 3.51. The van der Waals surface area contributed by atoms with Gasteiger partial charge in [-0.05, 0) is 84.6 Å². The van der Waals surface area contributed by atoms with Crippen LogP contribution in [0.1, 0.15) is 38.2 Å². The summed E-state index contributed by atoms with van der Waals surface area (Å²) >= 11 is 4.00. The van der Waals surface area contributed by atoms with Crippen LogP contribution in [0.15, 0.2) is 87.6 Å². The first kappa shape index (κ1) is 50.8. The van der Waals surface area contributed by atoms with Crippen LogP contribution in [0.3, 0.4) is 0 Å². The van der Waals surface area contributed by atoms with Crippen molar-refractivity contribution in [2.45, 2.75) is 47.0 Å². The zero-order valence-electron chi connectivity index (χ0n) is 34.5. The van der Waals surface area contributed by atoms with Gasteiger partial charge in [-0.15, -0.1) is 9.32 Å². The molecule has 1 amide bonds. The van der Waals surface area contributed by atoms with Gasteiger partial charge in [0.1, 0.15) is 17.5 Å². The molecule has 0 fully saturated rings. The Morgan fingerprint density at radius 3 is 1.98 bits per heavy atom. The summed E-state index contributed by atoms with van der Waals surface area (Å²) in [6, 6.07) is 14.9. The second kappa shape index (κ2) is 20.8. The fraction of sp³-hybridized carbons (Fsp3) is 0.282. The summed E-state index contributed by atoms with van der Waals surface area (Å²) in [6.45, 7) is 3.71. The Hall–Kier alpha value is -3.84. The van der Waals surface area contributed by atoms with Crippen molar-refractivity contribution < 1.29 is 52.5 Å². The number of hydrogen-bond acceptors (Lipinski definition) is 12. The molecule has 1 aliphatic rings. The number of halogens is 5. The number of anilines is 1. The SMILES string of the molecule is CN(C)S(=O)(=O)c1cc(F)ccc1CBr.Cc1c2c(c(N(C)S(C)(=O)=O)c3cccnc13)CN(Cc1ccc(F)cc1SOON(C)C)C2=O.Cc1ccc(F)cc1S(=O)(=O)Cl. The molecule has 1 aliphatic heterocycles. The monoisotopic (exact) mass is 1020 g/mol. The molecule has 62 heavy (non-hydrogen) atoms. The molecule has 0 bridgehead atoms. The van der Waals surface area contributed by atoms with Crippen LogP contribution in [-0.2, 0) is 56.8 Å². The highest BCUT2D eigenvalue weighted by Crippen LogP contribution is 2.42. The molecule has 0 radical (unpaired) electrons. The van der Waals surface area contributed by atoms with Crippen LogP contribution in [0, 0.1) is 31.3 Å². The molecule has 336 valence electrons. The number of amides is 1. The Labute approximate surface area is 376 Å². The summed E-state index contributed by atoms with van der Waals surface area (Å²) in [5.41, 5.74) is 4.37. The highest BCUT2D eigenvalue weighted by atomic mass is 79.9. The van der Waals surface area contributed by atoms with Crippen molar-refractivity contribution in [3.63, 3.8) is 0 Å². The minimum atomic E-state index is -3.82. The predicted octanol–water partition coefficient (Wildman–Crippen LogP) is 7.70. The Morgan fingerprint density at radius 1 is 0.855 bits per heavy atom. The minimum absolute atomic E-state index is 0.00405. The van der Waals surface area contributed by atoms with E-state index in [9.17, 15) is 43.2 Å². The molecule has 0 saturated carbocycles. The van der Waals surface area contributed by atoms with Gasteiger partial charge >= 0.3 is 0 Å². The van der Waals surface area contributed by atoms with E-state index >= 15 is 0 Å². The van der Waals surface area contributed by atoms with E-state index in [1.54, 1.807) is 50.3 Å². The molecule has 2 heterocycles. The molecule has 0 N–H and O–H groups in total. The van der Waals surface area contributed by atoms with E-state index in [1.165, 1.54) is 66.9 Å². The van der Waals surface area contributed by atoms with Gasteiger partial charge in [0, 0.05) is 86.4 Å². The second-order valence-electron chi connectivity index (χ2n) is 13.9. The number of nitrogens with zero attached hydrogens (tertiary/aromatic N) is 5. The van der Waals surface area contributed by atoms with Gasteiger partial charge in [-0.2, -0.15) is 5.06 Å². The van der Waals surface area contributed by atoms with Crippen molar-refractivity contribution >= 4 is 90.2 Å².